The van der Waals surface area contributed by atoms with Gasteiger partial charge in [-0.15, -0.1) is 0 Å². The number of phenolic OH excluding ortho intramolecular Hbond substituents is 1. The number of hydrogen-bond acceptors (Lipinski definition) is 4. The largest absolute Gasteiger partial charge is 0.508 e. The van der Waals surface area contributed by atoms with Crippen LogP contribution in [0.25, 0.3) is 11.3 Å². The van der Waals surface area contributed by atoms with Gasteiger partial charge in [-0.05, 0) is 69.9 Å². The average molecular weight is 422 g/mol. The third kappa shape index (κ3) is 8.01. The fraction of sp³-hybridized carbons (Fsp3) is 0.478. The van der Waals surface area contributed by atoms with E-state index in [0.717, 1.165) is 44.1 Å². The number of pyridine rings is 1. The second kappa shape index (κ2) is 10.6. The zero-order chi connectivity index (χ0) is 21.4. The van der Waals surface area contributed by atoms with Crippen LogP contribution in [-0.2, 0) is 16.0 Å². The summed E-state index contributed by atoms with van der Waals surface area (Å²) in [5.41, 5.74) is 1.05. The number of halogens is 2. The summed E-state index contributed by atoms with van der Waals surface area (Å²) in [5.74, 6) is -0.540. The van der Waals surface area contributed by atoms with Gasteiger partial charge in [-0.3, -0.25) is 9.78 Å². The number of unbranched alkanes of at least 4 members (excludes halogenated alkanes) is 4. The van der Waals surface area contributed by atoms with Crippen molar-refractivity contribution in [2.45, 2.75) is 71.3 Å². The van der Waals surface area contributed by atoms with Crippen LogP contribution >= 0.6 is 11.6 Å². The summed E-state index contributed by atoms with van der Waals surface area (Å²) in [7, 11) is 0. The van der Waals surface area contributed by atoms with Crippen LogP contribution in [0.3, 0.4) is 0 Å². The summed E-state index contributed by atoms with van der Waals surface area (Å²) < 4.78 is 19.7. The third-order valence-corrected chi connectivity index (χ3v) is 4.68. The number of carbonyl (C=O) groups is 1. The lowest BCUT2D eigenvalue weighted by molar-refractivity contribution is -0.154. The zero-order valence-electron chi connectivity index (χ0n) is 17.3. The van der Waals surface area contributed by atoms with Crippen molar-refractivity contribution in [1.29, 1.82) is 0 Å². The standard InChI is InChI=1S/C23H29ClFNO3/c1-23(2,3)29-21(28)10-8-6-4-5-7-9-16-13-20(25)22(26-15-16)18-12-11-17(27)14-19(18)24/h11-15,27H,4-10H2,1-3H3. The van der Waals surface area contributed by atoms with Gasteiger partial charge in [0.25, 0.3) is 0 Å². The Morgan fingerprint density at radius 1 is 1.14 bits per heavy atom. The summed E-state index contributed by atoms with van der Waals surface area (Å²) in [6.45, 7) is 5.61. The van der Waals surface area contributed by atoms with E-state index in [0.29, 0.717) is 12.0 Å². The Labute approximate surface area is 177 Å². The molecule has 1 heterocycles. The van der Waals surface area contributed by atoms with Crippen molar-refractivity contribution in [3.8, 4) is 17.0 Å². The molecule has 4 nitrogen and oxygen atoms in total. The van der Waals surface area contributed by atoms with E-state index in [4.69, 9.17) is 16.3 Å². The van der Waals surface area contributed by atoms with Crippen LogP contribution < -0.4 is 0 Å². The second-order valence-corrected chi connectivity index (χ2v) is 8.60. The molecule has 2 rings (SSSR count). The maximum Gasteiger partial charge on any atom is 0.306 e. The molecule has 0 aliphatic rings. The number of aromatic hydroxyl groups is 1. The van der Waals surface area contributed by atoms with E-state index < -0.39 is 11.4 Å². The Kier molecular flexibility index (Phi) is 8.45. The van der Waals surface area contributed by atoms with Gasteiger partial charge in [-0.25, -0.2) is 4.39 Å². The predicted molar refractivity (Wildman–Crippen MR) is 114 cm³/mol. The normalized spacial score (nSPS) is 11.5. The first kappa shape index (κ1) is 23.1. The third-order valence-electron chi connectivity index (χ3n) is 4.37. The minimum atomic E-state index is -0.427. The van der Waals surface area contributed by atoms with Crippen LogP contribution in [-0.4, -0.2) is 21.7 Å². The first-order valence-electron chi connectivity index (χ1n) is 10.0. The van der Waals surface area contributed by atoms with E-state index >= 15 is 0 Å². The summed E-state index contributed by atoms with van der Waals surface area (Å²) >= 11 is 6.08. The van der Waals surface area contributed by atoms with Gasteiger partial charge >= 0.3 is 5.97 Å². The maximum atomic E-state index is 14.5. The molecule has 0 saturated carbocycles. The fourth-order valence-corrected chi connectivity index (χ4v) is 3.29. The number of rotatable bonds is 9. The molecule has 0 aliphatic heterocycles. The van der Waals surface area contributed by atoms with Crippen LogP contribution in [0.4, 0.5) is 4.39 Å². The summed E-state index contributed by atoms with van der Waals surface area (Å²) in [5, 5.41) is 9.68. The number of hydrogen-bond donors (Lipinski definition) is 1. The van der Waals surface area contributed by atoms with Crippen LogP contribution in [0.15, 0.2) is 30.5 Å². The fourth-order valence-electron chi connectivity index (χ4n) is 3.03. The van der Waals surface area contributed by atoms with E-state index in [2.05, 4.69) is 4.98 Å². The van der Waals surface area contributed by atoms with Crippen molar-refractivity contribution in [3.63, 3.8) is 0 Å². The number of phenols is 1. The quantitative estimate of drug-likeness (QED) is 0.372. The van der Waals surface area contributed by atoms with Crippen molar-refractivity contribution < 1.29 is 19.0 Å². The number of aromatic nitrogens is 1. The molecule has 6 heteroatoms. The van der Waals surface area contributed by atoms with Gasteiger partial charge in [0.05, 0.1) is 5.02 Å². The Hall–Kier alpha value is -2.14. The molecule has 0 atom stereocenters. The second-order valence-electron chi connectivity index (χ2n) is 8.19. The molecule has 0 spiro atoms. The van der Waals surface area contributed by atoms with Crippen molar-refractivity contribution in [2.24, 2.45) is 0 Å². The van der Waals surface area contributed by atoms with Crippen molar-refractivity contribution in [3.05, 3.63) is 46.9 Å². The lowest BCUT2D eigenvalue weighted by Gasteiger charge is -2.19. The molecule has 0 bridgehead atoms. The Bertz CT molecular complexity index is 833. The topological polar surface area (TPSA) is 59.4 Å². The number of aryl methyl sites for hydroxylation is 1. The van der Waals surface area contributed by atoms with Crippen molar-refractivity contribution in [1.82, 2.24) is 4.98 Å². The number of esters is 1. The first-order valence-corrected chi connectivity index (χ1v) is 10.4. The van der Waals surface area contributed by atoms with Gasteiger partial charge in [-0.2, -0.15) is 0 Å². The molecular weight excluding hydrogens is 393 g/mol. The molecule has 1 aromatic heterocycles. The molecule has 0 radical (unpaired) electrons. The summed E-state index contributed by atoms with van der Waals surface area (Å²) in [4.78, 5) is 15.9. The number of ether oxygens (including phenoxy) is 1. The van der Waals surface area contributed by atoms with E-state index in [1.807, 2.05) is 20.8 Å². The Morgan fingerprint density at radius 3 is 2.48 bits per heavy atom. The highest BCUT2D eigenvalue weighted by Crippen LogP contribution is 2.31. The van der Waals surface area contributed by atoms with Gasteiger partial charge in [0.1, 0.15) is 22.9 Å². The first-order chi connectivity index (χ1) is 13.7. The van der Waals surface area contributed by atoms with Gasteiger partial charge < -0.3 is 9.84 Å². The lowest BCUT2D eigenvalue weighted by atomic mass is 10.0. The molecule has 2 aromatic rings. The number of carbonyl (C=O) groups excluding carboxylic acids is 1. The SMILES string of the molecule is CC(C)(C)OC(=O)CCCCCCCc1cnc(-c2ccc(O)cc2Cl)c(F)c1. The van der Waals surface area contributed by atoms with Gasteiger partial charge in [0.2, 0.25) is 0 Å². The summed E-state index contributed by atoms with van der Waals surface area (Å²) in [6, 6.07) is 5.88. The molecule has 0 fully saturated rings. The van der Waals surface area contributed by atoms with E-state index in [1.165, 1.54) is 18.2 Å². The average Bonchev–Trinajstić information content (AvgIpc) is 2.60. The molecule has 0 saturated heterocycles. The van der Waals surface area contributed by atoms with Crippen LogP contribution in [0, 0.1) is 5.82 Å². The number of nitrogens with zero attached hydrogens (tertiary/aromatic N) is 1. The van der Waals surface area contributed by atoms with Gasteiger partial charge in [0, 0.05) is 18.2 Å². The van der Waals surface area contributed by atoms with Crippen LogP contribution in [0.5, 0.6) is 5.75 Å². The highest BCUT2D eigenvalue weighted by molar-refractivity contribution is 6.33. The Morgan fingerprint density at radius 2 is 1.83 bits per heavy atom. The smallest absolute Gasteiger partial charge is 0.306 e. The van der Waals surface area contributed by atoms with Gasteiger partial charge in [-0.1, -0.05) is 30.9 Å². The lowest BCUT2D eigenvalue weighted by Crippen LogP contribution is -2.23. The minimum Gasteiger partial charge on any atom is -0.508 e. The number of benzene rings is 1. The maximum absolute atomic E-state index is 14.5. The van der Waals surface area contributed by atoms with Gasteiger partial charge in [0.15, 0.2) is 0 Å². The molecule has 1 N–H and O–H groups in total. The molecule has 158 valence electrons. The molecule has 0 unspecified atom stereocenters. The highest BCUT2D eigenvalue weighted by atomic mass is 35.5. The zero-order valence-corrected chi connectivity index (χ0v) is 18.1. The van der Waals surface area contributed by atoms with E-state index in [1.54, 1.807) is 12.3 Å². The minimum absolute atomic E-state index is 0.0295. The van der Waals surface area contributed by atoms with Crippen molar-refractivity contribution >= 4 is 17.6 Å². The molecular formula is C23H29ClFNO3. The molecule has 0 aliphatic carbocycles. The summed E-state index contributed by atoms with van der Waals surface area (Å²) in [6.07, 6.45) is 7.66. The van der Waals surface area contributed by atoms with Crippen LogP contribution in [0.2, 0.25) is 5.02 Å². The molecule has 1 aromatic carbocycles. The van der Waals surface area contributed by atoms with Crippen molar-refractivity contribution in [2.75, 3.05) is 0 Å². The predicted octanol–water partition coefficient (Wildman–Crippen LogP) is 6.47. The molecule has 29 heavy (non-hydrogen) atoms. The van der Waals surface area contributed by atoms with E-state index in [-0.39, 0.29) is 22.4 Å². The van der Waals surface area contributed by atoms with Crippen LogP contribution in [0.1, 0.15) is 64.9 Å². The highest BCUT2D eigenvalue weighted by Gasteiger charge is 2.15. The Balaban J connectivity index is 1.72. The molecule has 0 amide bonds. The van der Waals surface area contributed by atoms with E-state index in [9.17, 15) is 14.3 Å². The monoisotopic (exact) mass is 421 g/mol.